The number of rotatable bonds is 11. The van der Waals surface area contributed by atoms with Gasteiger partial charge in [-0.2, -0.15) is 0 Å². The fourth-order valence-electron chi connectivity index (χ4n) is 4.60. The predicted octanol–water partition coefficient (Wildman–Crippen LogP) is 4.38. The molecule has 0 saturated heterocycles. The van der Waals surface area contributed by atoms with E-state index in [0.29, 0.717) is 4.90 Å². The van der Waals surface area contributed by atoms with Crippen LogP contribution in [0, 0.1) is 20.2 Å². The van der Waals surface area contributed by atoms with Crippen molar-refractivity contribution in [3.05, 3.63) is 145 Å². The molecule has 1 heterocycles. The highest BCUT2D eigenvalue weighted by molar-refractivity contribution is 6.35. The number of anilines is 1. The van der Waals surface area contributed by atoms with Crippen LogP contribution in [0.3, 0.4) is 0 Å². The van der Waals surface area contributed by atoms with E-state index in [2.05, 4.69) is 0 Å². The van der Waals surface area contributed by atoms with Crippen LogP contribution in [-0.4, -0.2) is 58.4 Å². The minimum absolute atomic E-state index is 0.0528. The summed E-state index contributed by atoms with van der Waals surface area (Å²) in [6.45, 7) is -1.54. The molecule has 1 aliphatic heterocycles. The number of hydrogen-bond donors (Lipinski definition) is 0. The normalized spacial score (nSPS) is 11.9. The monoisotopic (exact) mass is 637 g/mol. The van der Waals surface area contributed by atoms with Crippen molar-refractivity contribution < 1.29 is 48.1 Å². The third-order valence-corrected chi connectivity index (χ3v) is 6.91. The molecule has 1 aliphatic rings. The van der Waals surface area contributed by atoms with Crippen LogP contribution in [0.1, 0.15) is 62.1 Å². The molecule has 0 atom stereocenters. The summed E-state index contributed by atoms with van der Waals surface area (Å²) < 4.78 is 10.1. The Balaban J connectivity index is 1.29. The number of nitro groups is 2. The Morgan fingerprint density at radius 2 is 1.13 bits per heavy atom. The number of hydrogen-bond acceptors (Lipinski definition) is 12. The summed E-state index contributed by atoms with van der Waals surface area (Å²) in [7, 11) is 0. The van der Waals surface area contributed by atoms with Crippen molar-refractivity contribution in [2.75, 3.05) is 18.1 Å². The van der Waals surface area contributed by atoms with Crippen molar-refractivity contribution in [2.24, 2.45) is 0 Å². The fraction of sp³-hybridized carbons (Fsp3) is 0.0625. The number of carbonyl (C=O) groups is 6. The number of esters is 2. The van der Waals surface area contributed by atoms with Crippen molar-refractivity contribution in [1.29, 1.82) is 0 Å². The van der Waals surface area contributed by atoms with Crippen LogP contribution >= 0.6 is 0 Å². The van der Waals surface area contributed by atoms with Gasteiger partial charge < -0.3 is 9.47 Å². The molecule has 0 fully saturated rings. The molecule has 15 nitrogen and oxygen atoms in total. The standard InChI is InChI=1S/C32H19N3O12/c36-27(18-5-3-7-21(13-18)34(42)43)16-46-31(40)20-11-12-23-25(15-20)30(39)33(29(23)38)26-10-2-1-9-24(26)32(41)47-17-28(37)19-6-4-8-22(14-19)35(44)45/h1-15H,16-17H2. The third-order valence-electron chi connectivity index (χ3n) is 6.91. The fourth-order valence-corrected chi connectivity index (χ4v) is 4.60. The number of Topliss-reactive ketones (excluding diaryl/α,β-unsaturated/α-hetero) is 2. The van der Waals surface area contributed by atoms with Crippen LogP contribution in [0.5, 0.6) is 0 Å². The number of nitrogens with zero attached hydrogens (tertiary/aromatic N) is 3. The van der Waals surface area contributed by atoms with Crippen molar-refractivity contribution in [1.82, 2.24) is 0 Å². The zero-order valence-corrected chi connectivity index (χ0v) is 23.8. The molecule has 15 heteroatoms. The minimum atomic E-state index is -1.06. The summed E-state index contributed by atoms with van der Waals surface area (Å²) in [5.74, 6) is -5.22. The van der Waals surface area contributed by atoms with Gasteiger partial charge in [-0.25, -0.2) is 14.5 Å². The van der Waals surface area contributed by atoms with Crippen molar-refractivity contribution in [3.63, 3.8) is 0 Å². The van der Waals surface area contributed by atoms with Gasteiger partial charge in [0, 0.05) is 35.4 Å². The maximum atomic E-state index is 13.4. The highest BCUT2D eigenvalue weighted by Gasteiger charge is 2.39. The zero-order chi connectivity index (χ0) is 33.8. The Morgan fingerprint density at radius 1 is 0.596 bits per heavy atom. The van der Waals surface area contributed by atoms with Crippen LogP contribution in [0.25, 0.3) is 0 Å². The molecule has 5 rings (SSSR count). The van der Waals surface area contributed by atoms with Crippen LogP contribution in [0.4, 0.5) is 17.1 Å². The minimum Gasteiger partial charge on any atom is -0.454 e. The van der Waals surface area contributed by atoms with Gasteiger partial charge in [-0.05, 0) is 30.3 Å². The average Bonchev–Trinajstić information content (AvgIpc) is 3.33. The summed E-state index contributed by atoms with van der Waals surface area (Å²) >= 11 is 0. The summed E-state index contributed by atoms with van der Waals surface area (Å²) in [6.07, 6.45) is 0. The van der Waals surface area contributed by atoms with Crippen LogP contribution in [0.2, 0.25) is 0 Å². The molecule has 4 aromatic rings. The molecule has 0 radical (unpaired) electrons. The van der Waals surface area contributed by atoms with Gasteiger partial charge in [-0.3, -0.25) is 39.4 Å². The van der Waals surface area contributed by atoms with Gasteiger partial charge >= 0.3 is 11.9 Å². The van der Waals surface area contributed by atoms with Crippen LogP contribution < -0.4 is 4.90 Å². The lowest BCUT2D eigenvalue weighted by atomic mass is 10.1. The second-order valence-electron chi connectivity index (χ2n) is 9.84. The van der Waals surface area contributed by atoms with E-state index in [1.165, 1.54) is 72.8 Å². The number of amides is 2. The predicted molar refractivity (Wildman–Crippen MR) is 159 cm³/mol. The number of ketones is 2. The number of imide groups is 1. The molecule has 0 saturated carbocycles. The lowest BCUT2D eigenvalue weighted by Gasteiger charge is -2.17. The number of benzene rings is 4. The maximum absolute atomic E-state index is 13.4. The zero-order valence-electron chi connectivity index (χ0n) is 23.8. The van der Waals surface area contributed by atoms with Gasteiger partial charge in [0.25, 0.3) is 23.2 Å². The molecule has 0 spiro atoms. The van der Waals surface area contributed by atoms with E-state index in [1.54, 1.807) is 0 Å². The van der Waals surface area contributed by atoms with E-state index in [0.717, 1.165) is 18.2 Å². The van der Waals surface area contributed by atoms with Crippen LogP contribution in [0.15, 0.2) is 91.0 Å². The van der Waals surface area contributed by atoms with Gasteiger partial charge in [0.2, 0.25) is 11.6 Å². The van der Waals surface area contributed by atoms with Crippen molar-refractivity contribution in [3.8, 4) is 0 Å². The van der Waals surface area contributed by atoms with Gasteiger partial charge in [0.1, 0.15) is 0 Å². The number of non-ortho nitro benzene ring substituents is 2. The SMILES string of the molecule is O=C(COC(=O)c1ccc2c(c1)C(=O)N(c1ccccc1C(=O)OCC(=O)c1cccc([N+](=O)[O-])c1)C2=O)c1cccc([N+](=O)[O-])c1. The lowest BCUT2D eigenvalue weighted by Crippen LogP contribution is -2.31. The van der Waals surface area contributed by atoms with E-state index in [9.17, 15) is 49.0 Å². The molecular formula is C32H19N3O12. The largest absolute Gasteiger partial charge is 0.454 e. The van der Waals surface area contributed by atoms with E-state index >= 15 is 0 Å². The van der Waals surface area contributed by atoms with E-state index in [4.69, 9.17) is 9.47 Å². The second kappa shape index (κ2) is 13.0. The Hall–Kier alpha value is -6.90. The van der Waals surface area contributed by atoms with Gasteiger partial charge in [0.15, 0.2) is 13.2 Å². The summed E-state index contributed by atoms with van der Waals surface area (Å²) in [6, 6.07) is 18.6. The van der Waals surface area contributed by atoms with E-state index < -0.39 is 58.4 Å². The van der Waals surface area contributed by atoms with Gasteiger partial charge in [-0.1, -0.05) is 36.4 Å². The molecule has 0 bridgehead atoms. The Kier molecular flexibility index (Phi) is 8.71. The third kappa shape index (κ3) is 6.48. The average molecular weight is 638 g/mol. The highest BCUT2D eigenvalue weighted by atomic mass is 16.6. The lowest BCUT2D eigenvalue weighted by molar-refractivity contribution is -0.385. The molecule has 0 N–H and O–H groups in total. The molecule has 0 aliphatic carbocycles. The summed E-state index contributed by atoms with van der Waals surface area (Å²) in [4.78, 5) is 98.7. The van der Waals surface area contributed by atoms with Crippen LogP contribution in [-0.2, 0) is 9.47 Å². The second-order valence-corrected chi connectivity index (χ2v) is 9.84. The maximum Gasteiger partial charge on any atom is 0.340 e. The first-order chi connectivity index (χ1) is 22.5. The molecule has 0 unspecified atom stereocenters. The first-order valence-electron chi connectivity index (χ1n) is 13.5. The smallest absolute Gasteiger partial charge is 0.340 e. The van der Waals surface area contributed by atoms with E-state index in [-0.39, 0.29) is 50.4 Å². The van der Waals surface area contributed by atoms with Gasteiger partial charge in [-0.15, -0.1) is 0 Å². The number of ether oxygens (including phenoxy) is 2. The number of fused-ring (bicyclic) bond motifs is 1. The Bertz CT molecular complexity index is 2040. The number of nitro benzene ring substituents is 2. The Morgan fingerprint density at radius 3 is 1.70 bits per heavy atom. The first kappa shape index (κ1) is 31.5. The topological polar surface area (TPSA) is 210 Å². The number of carbonyl (C=O) groups excluding carboxylic acids is 6. The van der Waals surface area contributed by atoms with Crippen molar-refractivity contribution >= 4 is 52.4 Å². The Labute approximate surface area is 263 Å². The molecule has 2 amide bonds. The molecule has 4 aromatic carbocycles. The summed E-state index contributed by atoms with van der Waals surface area (Å²) in [5.41, 5.74) is -1.65. The highest BCUT2D eigenvalue weighted by Crippen LogP contribution is 2.32. The summed E-state index contributed by atoms with van der Waals surface area (Å²) in [5, 5.41) is 22.0. The first-order valence-corrected chi connectivity index (χ1v) is 13.5. The quantitative estimate of drug-likeness (QED) is 0.0737. The molecule has 234 valence electrons. The molecular weight excluding hydrogens is 618 g/mol. The molecule has 47 heavy (non-hydrogen) atoms. The van der Waals surface area contributed by atoms with E-state index in [1.807, 2.05) is 0 Å². The number of para-hydroxylation sites is 1. The molecule has 0 aromatic heterocycles. The van der Waals surface area contributed by atoms with Crippen molar-refractivity contribution in [2.45, 2.75) is 0 Å². The van der Waals surface area contributed by atoms with Gasteiger partial charge in [0.05, 0.1) is 37.8 Å².